The van der Waals surface area contributed by atoms with Gasteiger partial charge in [-0.2, -0.15) is 4.31 Å². The summed E-state index contributed by atoms with van der Waals surface area (Å²) in [5, 5.41) is 5.41. The quantitative estimate of drug-likeness (QED) is 0.834. The molecule has 0 radical (unpaired) electrons. The fourth-order valence-electron chi connectivity index (χ4n) is 2.85. The topological polar surface area (TPSA) is 95.6 Å². The Hall–Kier alpha value is -2.71. The molecule has 8 heteroatoms. The van der Waals surface area contributed by atoms with Gasteiger partial charge in [-0.05, 0) is 49.2 Å². The average Bonchev–Trinajstić information content (AvgIpc) is 2.65. The zero-order chi connectivity index (χ0) is 19.6. The molecule has 7 nitrogen and oxygen atoms in total. The maximum atomic E-state index is 12.8. The summed E-state index contributed by atoms with van der Waals surface area (Å²) < 4.78 is 26.7. The summed E-state index contributed by atoms with van der Waals surface area (Å²) in [7, 11) is -3.85. The standard InChI is InChI=1S/C19H21N3O4S/c1-13-5-3-8-17(14(13)2)21-19(24)15-6-4-7-16(11-15)27(25,26)22-10-9-20-18(23)12-22/h3-8,11H,9-10,12H2,1-2H3,(H,20,23)(H,21,24). The number of carbonyl (C=O) groups is 2. The van der Waals surface area contributed by atoms with Gasteiger partial charge < -0.3 is 10.6 Å². The van der Waals surface area contributed by atoms with Gasteiger partial charge in [-0.1, -0.05) is 18.2 Å². The first-order chi connectivity index (χ1) is 12.8. The molecule has 0 aromatic heterocycles. The first-order valence-corrected chi connectivity index (χ1v) is 9.97. The van der Waals surface area contributed by atoms with Crippen molar-refractivity contribution in [2.75, 3.05) is 25.0 Å². The van der Waals surface area contributed by atoms with Gasteiger partial charge in [0.05, 0.1) is 11.4 Å². The molecule has 0 aliphatic carbocycles. The maximum Gasteiger partial charge on any atom is 0.255 e. The summed E-state index contributed by atoms with van der Waals surface area (Å²) in [6.45, 7) is 4.11. The highest BCUT2D eigenvalue weighted by Gasteiger charge is 2.29. The van der Waals surface area contributed by atoms with Crippen molar-refractivity contribution in [3.05, 3.63) is 59.2 Å². The monoisotopic (exact) mass is 387 g/mol. The zero-order valence-electron chi connectivity index (χ0n) is 15.2. The van der Waals surface area contributed by atoms with E-state index >= 15 is 0 Å². The number of benzene rings is 2. The van der Waals surface area contributed by atoms with Crippen molar-refractivity contribution in [1.29, 1.82) is 0 Å². The molecule has 1 fully saturated rings. The number of carbonyl (C=O) groups excluding carboxylic acids is 2. The second kappa shape index (κ2) is 7.50. The van der Waals surface area contributed by atoms with Crippen LogP contribution in [-0.2, 0) is 14.8 Å². The minimum Gasteiger partial charge on any atom is -0.354 e. The van der Waals surface area contributed by atoms with Crippen LogP contribution in [0.4, 0.5) is 5.69 Å². The third-order valence-electron chi connectivity index (χ3n) is 4.59. The van der Waals surface area contributed by atoms with E-state index in [0.29, 0.717) is 5.69 Å². The smallest absolute Gasteiger partial charge is 0.255 e. The van der Waals surface area contributed by atoms with Gasteiger partial charge in [0.25, 0.3) is 5.91 Å². The maximum absolute atomic E-state index is 12.8. The van der Waals surface area contributed by atoms with Gasteiger partial charge in [0, 0.05) is 24.3 Å². The molecule has 1 aliphatic rings. The van der Waals surface area contributed by atoms with E-state index in [4.69, 9.17) is 0 Å². The normalized spacial score (nSPS) is 15.3. The Morgan fingerprint density at radius 1 is 1.15 bits per heavy atom. The molecule has 3 rings (SSSR count). The van der Waals surface area contributed by atoms with Crippen LogP contribution in [0, 0.1) is 13.8 Å². The lowest BCUT2D eigenvalue weighted by Gasteiger charge is -2.26. The van der Waals surface area contributed by atoms with E-state index in [1.54, 1.807) is 12.1 Å². The molecule has 0 bridgehead atoms. The molecule has 2 aromatic rings. The van der Waals surface area contributed by atoms with Crippen molar-refractivity contribution >= 4 is 27.5 Å². The van der Waals surface area contributed by atoms with E-state index in [9.17, 15) is 18.0 Å². The molecular weight excluding hydrogens is 366 g/mol. The predicted octanol–water partition coefficient (Wildman–Crippen LogP) is 1.68. The van der Waals surface area contributed by atoms with E-state index in [2.05, 4.69) is 10.6 Å². The molecular formula is C19H21N3O4S. The van der Waals surface area contributed by atoms with Crippen molar-refractivity contribution in [1.82, 2.24) is 9.62 Å². The summed E-state index contributed by atoms with van der Waals surface area (Å²) in [5.41, 5.74) is 2.92. The van der Waals surface area contributed by atoms with Gasteiger partial charge in [0.2, 0.25) is 15.9 Å². The fraction of sp³-hybridized carbons (Fsp3) is 0.263. The summed E-state index contributed by atoms with van der Waals surface area (Å²) in [4.78, 5) is 24.1. The molecule has 0 saturated carbocycles. The van der Waals surface area contributed by atoms with Crippen LogP contribution in [0.5, 0.6) is 0 Å². The highest BCUT2D eigenvalue weighted by Crippen LogP contribution is 2.21. The van der Waals surface area contributed by atoms with Crippen LogP contribution in [0.25, 0.3) is 0 Å². The number of nitrogens with zero attached hydrogens (tertiary/aromatic N) is 1. The van der Waals surface area contributed by atoms with Gasteiger partial charge >= 0.3 is 0 Å². The number of aryl methyl sites for hydroxylation is 1. The lowest BCUT2D eigenvalue weighted by molar-refractivity contribution is -0.122. The third-order valence-corrected chi connectivity index (χ3v) is 6.43. The van der Waals surface area contributed by atoms with Crippen LogP contribution < -0.4 is 10.6 Å². The van der Waals surface area contributed by atoms with Crippen molar-refractivity contribution in [2.45, 2.75) is 18.7 Å². The Morgan fingerprint density at radius 2 is 1.89 bits per heavy atom. The second-order valence-electron chi connectivity index (χ2n) is 6.42. The van der Waals surface area contributed by atoms with Gasteiger partial charge in [-0.25, -0.2) is 8.42 Å². The summed E-state index contributed by atoms with van der Waals surface area (Å²) in [6.07, 6.45) is 0. The summed E-state index contributed by atoms with van der Waals surface area (Å²) >= 11 is 0. The number of amides is 2. The molecule has 1 heterocycles. The van der Waals surface area contributed by atoms with Crippen LogP contribution in [0.3, 0.4) is 0 Å². The number of piperazine rings is 1. The Bertz CT molecular complexity index is 1000. The minimum absolute atomic E-state index is 0.00851. The van der Waals surface area contributed by atoms with E-state index in [-0.39, 0.29) is 36.0 Å². The Morgan fingerprint density at radius 3 is 2.63 bits per heavy atom. The van der Waals surface area contributed by atoms with Gasteiger partial charge in [0.15, 0.2) is 0 Å². The molecule has 0 spiro atoms. The SMILES string of the molecule is Cc1cccc(NC(=O)c2cccc(S(=O)(=O)N3CCNC(=O)C3)c2)c1C. The molecule has 142 valence electrons. The molecule has 1 saturated heterocycles. The summed E-state index contributed by atoms with van der Waals surface area (Å²) in [6, 6.07) is 11.4. The highest BCUT2D eigenvalue weighted by atomic mass is 32.2. The Balaban J connectivity index is 1.85. The molecule has 2 amide bonds. The Labute approximate surface area is 158 Å². The van der Waals surface area contributed by atoms with E-state index in [0.717, 1.165) is 15.4 Å². The number of rotatable bonds is 4. The number of hydrogen-bond acceptors (Lipinski definition) is 4. The predicted molar refractivity (Wildman–Crippen MR) is 102 cm³/mol. The van der Waals surface area contributed by atoms with Crippen molar-refractivity contribution in [2.24, 2.45) is 0 Å². The number of hydrogen-bond donors (Lipinski definition) is 2. The first kappa shape index (κ1) is 19.1. The molecule has 27 heavy (non-hydrogen) atoms. The first-order valence-electron chi connectivity index (χ1n) is 8.53. The van der Waals surface area contributed by atoms with Gasteiger partial charge in [-0.15, -0.1) is 0 Å². The zero-order valence-corrected chi connectivity index (χ0v) is 16.0. The molecule has 0 atom stereocenters. The molecule has 0 unspecified atom stereocenters. The van der Waals surface area contributed by atoms with Crippen LogP contribution in [0.1, 0.15) is 21.5 Å². The molecule has 2 aromatic carbocycles. The third kappa shape index (κ3) is 4.01. The van der Waals surface area contributed by atoms with Gasteiger partial charge in [-0.3, -0.25) is 9.59 Å². The van der Waals surface area contributed by atoms with Gasteiger partial charge in [0.1, 0.15) is 0 Å². The Kier molecular flexibility index (Phi) is 5.29. The summed E-state index contributed by atoms with van der Waals surface area (Å²) in [5.74, 6) is -0.731. The lowest BCUT2D eigenvalue weighted by Crippen LogP contribution is -2.49. The van der Waals surface area contributed by atoms with E-state index in [1.807, 2.05) is 26.0 Å². The van der Waals surface area contributed by atoms with Crippen molar-refractivity contribution in [3.8, 4) is 0 Å². The largest absolute Gasteiger partial charge is 0.354 e. The van der Waals surface area contributed by atoms with Crippen LogP contribution >= 0.6 is 0 Å². The average molecular weight is 387 g/mol. The molecule has 2 N–H and O–H groups in total. The lowest BCUT2D eigenvalue weighted by atomic mass is 10.1. The van der Waals surface area contributed by atoms with E-state index in [1.165, 1.54) is 18.2 Å². The number of anilines is 1. The van der Waals surface area contributed by atoms with Crippen molar-refractivity contribution < 1.29 is 18.0 Å². The van der Waals surface area contributed by atoms with Crippen LogP contribution in [0.15, 0.2) is 47.4 Å². The fourth-order valence-corrected chi connectivity index (χ4v) is 4.29. The molecule has 1 aliphatic heterocycles. The second-order valence-corrected chi connectivity index (χ2v) is 8.36. The highest BCUT2D eigenvalue weighted by molar-refractivity contribution is 7.89. The van der Waals surface area contributed by atoms with Crippen LogP contribution in [0.2, 0.25) is 0 Å². The number of nitrogens with one attached hydrogen (secondary N) is 2. The van der Waals surface area contributed by atoms with E-state index < -0.39 is 15.9 Å². The minimum atomic E-state index is -3.85. The van der Waals surface area contributed by atoms with Crippen LogP contribution in [-0.4, -0.2) is 44.2 Å². The number of sulfonamides is 1. The van der Waals surface area contributed by atoms with Crippen molar-refractivity contribution in [3.63, 3.8) is 0 Å².